The van der Waals surface area contributed by atoms with Gasteiger partial charge in [0.2, 0.25) is 5.88 Å². The van der Waals surface area contributed by atoms with Crippen molar-refractivity contribution in [3.8, 4) is 17.1 Å². The molecule has 1 saturated heterocycles. The molecule has 5 rings (SSSR count). The van der Waals surface area contributed by atoms with Gasteiger partial charge in [0.25, 0.3) is 0 Å². The molecule has 0 radical (unpaired) electrons. The van der Waals surface area contributed by atoms with Gasteiger partial charge in [-0.15, -0.1) is 0 Å². The topological polar surface area (TPSA) is 82.0 Å². The molecule has 2 aromatic heterocycles. The molecular formula is C29H35N5O3. The second-order valence-electron chi connectivity index (χ2n) is 10.2. The molecule has 2 aliphatic heterocycles. The van der Waals surface area contributed by atoms with Crippen molar-refractivity contribution in [3.05, 3.63) is 77.6 Å². The zero-order valence-corrected chi connectivity index (χ0v) is 21.6. The van der Waals surface area contributed by atoms with Crippen molar-refractivity contribution in [1.29, 1.82) is 0 Å². The first-order valence-electron chi connectivity index (χ1n) is 13.0. The van der Waals surface area contributed by atoms with Crippen LogP contribution in [0.2, 0.25) is 0 Å². The molecule has 2 aliphatic rings. The lowest BCUT2D eigenvalue weighted by Gasteiger charge is -2.31. The summed E-state index contributed by atoms with van der Waals surface area (Å²) in [5.74, 6) is 0.577. The summed E-state index contributed by atoms with van der Waals surface area (Å²) in [6, 6.07) is 16.2. The van der Waals surface area contributed by atoms with Crippen molar-refractivity contribution < 1.29 is 14.6 Å². The number of benzene rings is 1. The largest absolute Gasteiger partial charge is 0.475 e. The fourth-order valence-corrected chi connectivity index (χ4v) is 5.05. The number of ether oxygens (including phenoxy) is 1. The third-order valence-electron chi connectivity index (χ3n) is 6.88. The van der Waals surface area contributed by atoms with Crippen LogP contribution < -0.4 is 4.74 Å². The summed E-state index contributed by atoms with van der Waals surface area (Å²) in [4.78, 5) is 27.7. The van der Waals surface area contributed by atoms with Crippen LogP contribution in [0.1, 0.15) is 30.5 Å². The number of hydrogen-bond donors (Lipinski definition) is 1. The van der Waals surface area contributed by atoms with Gasteiger partial charge >= 0.3 is 6.03 Å². The van der Waals surface area contributed by atoms with Crippen LogP contribution in [-0.4, -0.2) is 80.7 Å². The third-order valence-corrected chi connectivity index (χ3v) is 6.88. The number of aliphatic hydroxyl groups excluding tert-OH is 1. The number of nitrogens with zero attached hydrogens (tertiary/aromatic N) is 5. The normalized spacial score (nSPS) is 16.8. The standard InChI is InChI=1S/C29H35N5O3/c1-21(2)37-28-15-24(9-11-30-28)27-8-7-22(16-31-27)17-33-13-14-34(29(33)36)20-26(35)19-32-12-10-23-5-3-4-6-25(23)18-32/h3-9,11,15-16,21,26,35H,10,12-14,17-20H2,1-2H3/t26-/m1/s1. The number of fused-ring (bicyclic) bond motifs is 1. The van der Waals surface area contributed by atoms with Crippen molar-refractivity contribution in [2.45, 2.75) is 45.6 Å². The van der Waals surface area contributed by atoms with Crippen LogP contribution in [0, 0.1) is 0 Å². The minimum atomic E-state index is -0.569. The highest BCUT2D eigenvalue weighted by molar-refractivity contribution is 5.76. The first kappa shape index (κ1) is 25.2. The predicted molar refractivity (Wildman–Crippen MR) is 142 cm³/mol. The Morgan fingerprint density at radius 1 is 0.973 bits per heavy atom. The maximum Gasteiger partial charge on any atom is 0.320 e. The lowest BCUT2D eigenvalue weighted by Crippen LogP contribution is -2.43. The van der Waals surface area contributed by atoms with Gasteiger partial charge in [-0.25, -0.2) is 9.78 Å². The molecule has 0 saturated carbocycles. The van der Waals surface area contributed by atoms with E-state index in [9.17, 15) is 9.90 Å². The van der Waals surface area contributed by atoms with E-state index in [1.54, 1.807) is 11.1 Å². The molecule has 3 aromatic rings. The van der Waals surface area contributed by atoms with E-state index >= 15 is 0 Å². The second-order valence-corrected chi connectivity index (χ2v) is 10.2. The minimum absolute atomic E-state index is 0.0308. The fourth-order valence-electron chi connectivity index (χ4n) is 5.05. The quantitative estimate of drug-likeness (QED) is 0.483. The molecule has 1 fully saturated rings. The maximum atomic E-state index is 13.0. The van der Waals surface area contributed by atoms with E-state index in [4.69, 9.17) is 4.74 Å². The highest BCUT2D eigenvalue weighted by atomic mass is 16.5. The van der Waals surface area contributed by atoms with Crippen LogP contribution in [0.5, 0.6) is 5.88 Å². The maximum absolute atomic E-state index is 13.0. The van der Waals surface area contributed by atoms with Crippen molar-refractivity contribution >= 4 is 6.03 Å². The Morgan fingerprint density at radius 3 is 2.57 bits per heavy atom. The molecule has 2 amide bonds. The molecule has 0 bridgehead atoms. The molecule has 4 heterocycles. The van der Waals surface area contributed by atoms with E-state index in [1.807, 2.05) is 49.2 Å². The van der Waals surface area contributed by atoms with Crippen molar-refractivity contribution in [3.63, 3.8) is 0 Å². The summed E-state index contributed by atoms with van der Waals surface area (Å²) in [5.41, 5.74) is 5.47. The summed E-state index contributed by atoms with van der Waals surface area (Å²) in [6.45, 7) is 8.41. The highest BCUT2D eigenvalue weighted by Gasteiger charge is 2.30. The van der Waals surface area contributed by atoms with Crippen LogP contribution in [0.15, 0.2) is 60.9 Å². The number of pyridine rings is 2. The molecule has 1 N–H and O–H groups in total. The van der Waals surface area contributed by atoms with E-state index in [0.29, 0.717) is 38.6 Å². The molecule has 8 heteroatoms. The van der Waals surface area contributed by atoms with Crippen LogP contribution in [0.4, 0.5) is 4.79 Å². The van der Waals surface area contributed by atoms with Gasteiger partial charge in [-0.2, -0.15) is 0 Å². The first-order chi connectivity index (χ1) is 17.9. The van der Waals surface area contributed by atoms with Gasteiger partial charge in [0, 0.05) is 69.8 Å². The molecule has 0 aliphatic carbocycles. The number of rotatable bonds is 9. The molecule has 1 aromatic carbocycles. The summed E-state index contributed by atoms with van der Waals surface area (Å²) < 4.78 is 5.69. The van der Waals surface area contributed by atoms with Gasteiger partial charge in [0.1, 0.15) is 0 Å². The Hall–Kier alpha value is -3.49. The Labute approximate surface area is 218 Å². The molecule has 37 heavy (non-hydrogen) atoms. The highest BCUT2D eigenvalue weighted by Crippen LogP contribution is 2.23. The molecule has 194 valence electrons. The van der Waals surface area contributed by atoms with Crippen molar-refractivity contribution in [2.24, 2.45) is 0 Å². The minimum Gasteiger partial charge on any atom is -0.475 e. The number of amides is 2. The summed E-state index contributed by atoms with van der Waals surface area (Å²) >= 11 is 0. The average molecular weight is 502 g/mol. The van der Waals surface area contributed by atoms with Crippen molar-refractivity contribution in [1.82, 2.24) is 24.7 Å². The number of carbonyl (C=O) groups excluding carboxylic acids is 1. The lowest BCUT2D eigenvalue weighted by atomic mass is 10.00. The van der Waals surface area contributed by atoms with Gasteiger partial charge in [-0.05, 0) is 49.1 Å². The van der Waals surface area contributed by atoms with Gasteiger partial charge in [0.15, 0.2) is 0 Å². The zero-order valence-electron chi connectivity index (χ0n) is 21.6. The Balaban J connectivity index is 1.12. The smallest absolute Gasteiger partial charge is 0.320 e. The van der Waals surface area contributed by atoms with Crippen molar-refractivity contribution in [2.75, 3.05) is 32.7 Å². The van der Waals surface area contributed by atoms with E-state index in [1.165, 1.54) is 11.1 Å². The SMILES string of the molecule is CC(C)Oc1cc(-c2ccc(CN3CCN(C[C@H](O)CN4CCc5ccccc5C4)C3=O)cn2)ccn1. The lowest BCUT2D eigenvalue weighted by molar-refractivity contribution is 0.0812. The fraction of sp³-hybridized carbons (Fsp3) is 0.414. The average Bonchev–Trinajstić information content (AvgIpc) is 3.22. The van der Waals surface area contributed by atoms with E-state index in [0.717, 1.165) is 36.3 Å². The van der Waals surface area contributed by atoms with Gasteiger partial charge in [-0.1, -0.05) is 30.3 Å². The molecule has 8 nitrogen and oxygen atoms in total. The van der Waals surface area contributed by atoms with Gasteiger partial charge in [-0.3, -0.25) is 9.88 Å². The molecule has 1 atom stereocenters. The summed E-state index contributed by atoms with van der Waals surface area (Å²) in [7, 11) is 0. The summed E-state index contributed by atoms with van der Waals surface area (Å²) in [5, 5.41) is 10.7. The van der Waals surface area contributed by atoms with Crippen LogP contribution >= 0.6 is 0 Å². The van der Waals surface area contributed by atoms with E-state index < -0.39 is 6.10 Å². The molecule has 0 unspecified atom stereocenters. The van der Waals surface area contributed by atoms with E-state index in [2.05, 4.69) is 39.1 Å². The van der Waals surface area contributed by atoms with Gasteiger partial charge < -0.3 is 19.6 Å². The Morgan fingerprint density at radius 2 is 1.78 bits per heavy atom. The number of β-amino-alcohol motifs (C(OH)–C–C–N with tert-alkyl or cyclic N) is 1. The molecular weight excluding hydrogens is 466 g/mol. The third kappa shape index (κ3) is 6.26. The van der Waals surface area contributed by atoms with Crippen LogP contribution in [0.3, 0.4) is 0 Å². The van der Waals surface area contributed by atoms with Crippen LogP contribution in [0.25, 0.3) is 11.3 Å². The Bertz CT molecular complexity index is 1220. The number of aromatic nitrogens is 2. The Kier molecular flexibility index (Phi) is 7.67. The van der Waals surface area contributed by atoms with E-state index in [-0.39, 0.29) is 12.1 Å². The number of aliphatic hydroxyl groups is 1. The zero-order chi connectivity index (χ0) is 25.8. The number of urea groups is 1. The summed E-state index contributed by atoms with van der Waals surface area (Å²) in [6.07, 6.45) is 4.02. The number of carbonyl (C=O) groups is 1. The predicted octanol–water partition coefficient (Wildman–Crippen LogP) is 3.59. The second kappa shape index (κ2) is 11.3. The number of hydrogen-bond acceptors (Lipinski definition) is 6. The molecule has 0 spiro atoms. The van der Waals surface area contributed by atoms with Gasteiger partial charge in [0.05, 0.1) is 17.9 Å². The first-order valence-corrected chi connectivity index (χ1v) is 13.0. The van der Waals surface area contributed by atoms with Crippen LogP contribution in [-0.2, 0) is 19.5 Å². The monoisotopic (exact) mass is 501 g/mol.